The molecule has 0 saturated heterocycles. The maximum Gasteiger partial charge on any atom is 0.245 e. The molecule has 0 aliphatic carbocycles. The van der Waals surface area contributed by atoms with E-state index in [-0.39, 0.29) is 25.0 Å². The van der Waals surface area contributed by atoms with Gasteiger partial charge in [-0.3, -0.25) is 4.79 Å². The first-order valence-electron chi connectivity index (χ1n) is 6.19. The van der Waals surface area contributed by atoms with Crippen LogP contribution in [0.1, 0.15) is 11.1 Å². The summed E-state index contributed by atoms with van der Waals surface area (Å²) in [6.07, 6.45) is 0.731. The molecule has 4 nitrogen and oxygen atoms in total. The molecule has 1 unspecified atom stereocenters. The number of rotatable bonds is 7. The van der Waals surface area contributed by atoms with Crippen LogP contribution in [0.4, 0.5) is 0 Å². The molecule has 19 heavy (non-hydrogen) atoms. The van der Waals surface area contributed by atoms with Crippen molar-refractivity contribution in [2.75, 3.05) is 26.9 Å². The fourth-order valence-corrected chi connectivity index (χ4v) is 2.23. The van der Waals surface area contributed by atoms with Crippen molar-refractivity contribution >= 4 is 21.8 Å². The van der Waals surface area contributed by atoms with E-state index < -0.39 is 0 Å². The number of aliphatic hydroxyl groups is 1. The third-order valence-corrected chi connectivity index (χ3v) is 3.87. The molecule has 5 heteroatoms. The van der Waals surface area contributed by atoms with Gasteiger partial charge in [-0.1, -0.05) is 28.1 Å². The lowest BCUT2D eigenvalue weighted by Gasteiger charge is -2.17. The lowest BCUT2D eigenvalue weighted by atomic mass is 9.96. The Morgan fingerprint density at radius 3 is 2.89 bits per heavy atom. The Kier molecular flexibility index (Phi) is 7.05. The zero-order valence-corrected chi connectivity index (χ0v) is 12.9. The maximum atomic E-state index is 11.3. The topological polar surface area (TPSA) is 58.6 Å². The molecule has 0 bridgehead atoms. The SMILES string of the molecule is COCC(=O)NCC(CO)Cc1cccc(Br)c1C. The molecule has 2 N–H and O–H groups in total. The number of ether oxygens (including phenoxy) is 1. The van der Waals surface area contributed by atoms with Crippen molar-refractivity contribution in [2.45, 2.75) is 13.3 Å². The first-order valence-corrected chi connectivity index (χ1v) is 6.98. The second-order valence-corrected chi connectivity index (χ2v) is 5.37. The van der Waals surface area contributed by atoms with E-state index in [1.807, 2.05) is 25.1 Å². The highest BCUT2D eigenvalue weighted by molar-refractivity contribution is 9.10. The van der Waals surface area contributed by atoms with E-state index in [9.17, 15) is 9.90 Å². The van der Waals surface area contributed by atoms with Gasteiger partial charge in [0.2, 0.25) is 5.91 Å². The molecule has 106 valence electrons. The van der Waals surface area contributed by atoms with Crippen molar-refractivity contribution in [1.82, 2.24) is 5.32 Å². The van der Waals surface area contributed by atoms with Gasteiger partial charge in [-0.15, -0.1) is 0 Å². The minimum Gasteiger partial charge on any atom is -0.396 e. The van der Waals surface area contributed by atoms with E-state index in [2.05, 4.69) is 21.2 Å². The Bertz CT molecular complexity index is 423. The summed E-state index contributed by atoms with van der Waals surface area (Å²) in [5.74, 6) is -0.152. The van der Waals surface area contributed by atoms with E-state index in [4.69, 9.17) is 4.74 Å². The highest BCUT2D eigenvalue weighted by Crippen LogP contribution is 2.21. The van der Waals surface area contributed by atoms with Gasteiger partial charge >= 0.3 is 0 Å². The number of hydrogen-bond acceptors (Lipinski definition) is 3. The second kappa shape index (κ2) is 8.30. The number of amides is 1. The van der Waals surface area contributed by atoms with Crippen LogP contribution in [-0.2, 0) is 16.0 Å². The number of aliphatic hydroxyl groups excluding tert-OH is 1. The Hall–Kier alpha value is -0.910. The molecule has 0 fully saturated rings. The van der Waals surface area contributed by atoms with Crippen LogP contribution in [-0.4, -0.2) is 37.9 Å². The lowest BCUT2D eigenvalue weighted by molar-refractivity contribution is -0.124. The van der Waals surface area contributed by atoms with Crippen molar-refractivity contribution in [3.8, 4) is 0 Å². The predicted molar refractivity (Wildman–Crippen MR) is 78.0 cm³/mol. The average Bonchev–Trinajstić information content (AvgIpc) is 2.39. The Labute approximate surface area is 122 Å². The Balaban J connectivity index is 2.57. The molecule has 1 aromatic carbocycles. The molecule has 0 aromatic heterocycles. The predicted octanol–water partition coefficient (Wildman–Crippen LogP) is 1.67. The first kappa shape index (κ1) is 16.1. The van der Waals surface area contributed by atoms with E-state index in [1.165, 1.54) is 18.2 Å². The number of hydrogen-bond donors (Lipinski definition) is 2. The van der Waals surface area contributed by atoms with Gasteiger partial charge in [0, 0.05) is 30.7 Å². The summed E-state index contributed by atoms with van der Waals surface area (Å²) >= 11 is 3.49. The largest absolute Gasteiger partial charge is 0.396 e. The number of carbonyl (C=O) groups excluding carboxylic acids is 1. The third kappa shape index (κ3) is 5.30. The molecule has 0 aliphatic heterocycles. The van der Waals surface area contributed by atoms with Crippen LogP contribution in [0.3, 0.4) is 0 Å². The summed E-state index contributed by atoms with van der Waals surface area (Å²) in [5, 5.41) is 12.1. The molecule has 0 radical (unpaired) electrons. The van der Waals surface area contributed by atoms with Crippen molar-refractivity contribution in [3.05, 3.63) is 33.8 Å². The van der Waals surface area contributed by atoms with Gasteiger partial charge in [-0.25, -0.2) is 0 Å². The highest BCUT2D eigenvalue weighted by Gasteiger charge is 2.12. The van der Waals surface area contributed by atoms with Gasteiger partial charge in [0.25, 0.3) is 0 Å². The standard InChI is InChI=1S/C14H20BrNO3/c1-10-12(4-3-5-13(10)15)6-11(8-17)7-16-14(18)9-19-2/h3-5,11,17H,6-9H2,1-2H3,(H,16,18). The Morgan fingerprint density at radius 2 is 2.26 bits per heavy atom. The summed E-state index contributed by atoms with van der Waals surface area (Å²) in [7, 11) is 1.48. The van der Waals surface area contributed by atoms with Crippen molar-refractivity contribution in [3.63, 3.8) is 0 Å². The quantitative estimate of drug-likeness (QED) is 0.800. The molecule has 0 aliphatic rings. The van der Waals surface area contributed by atoms with Crippen LogP contribution in [0.2, 0.25) is 0 Å². The van der Waals surface area contributed by atoms with Gasteiger partial charge in [0.05, 0.1) is 0 Å². The minimum atomic E-state index is -0.160. The normalized spacial score (nSPS) is 12.2. The highest BCUT2D eigenvalue weighted by atomic mass is 79.9. The van der Waals surface area contributed by atoms with Crippen LogP contribution in [0.5, 0.6) is 0 Å². The molecule has 1 rings (SSSR count). The van der Waals surface area contributed by atoms with Crippen LogP contribution < -0.4 is 5.32 Å². The zero-order chi connectivity index (χ0) is 14.3. The van der Waals surface area contributed by atoms with Gasteiger partial charge in [-0.05, 0) is 30.5 Å². The maximum absolute atomic E-state index is 11.3. The molecular weight excluding hydrogens is 310 g/mol. The summed E-state index contributed by atoms with van der Waals surface area (Å²) < 4.78 is 5.80. The smallest absolute Gasteiger partial charge is 0.245 e. The van der Waals surface area contributed by atoms with Crippen LogP contribution in [0.25, 0.3) is 0 Å². The molecule has 0 spiro atoms. The van der Waals surface area contributed by atoms with Gasteiger partial charge in [-0.2, -0.15) is 0 Å². The van der Waals surface area contributed by atoms with Crippen molar-refractivity contribution in [1.29, 1.82) is 0 Å². The summed E-state index contributed by atoms with van der Waals surface area (Å²) in [6.45, 7) is 2.58. The average molecular weight is 330 g/mol. The van der Waals surface area contributed by atoms with Crippen LogP contribution in [0.15, 0.2) is 22.7 Å². The minimum absolute atomic E-state index is 0.00815. The molecule has 1 aromatic rings. The van der Waals surface area contributed by atoms with Crippen molar-refractivity contribution < 1.29 is 14.6 Å². The van der Waals surface area contributed by atoms with Gasteiger partial charge < -0.3 is 15.2 Å². The molecule has 0 saturated carbocycles. The number of carbonyl (C=O) groups is 1. The fraction of sp³-hybridized carbons (Fsp3) is 0.500. The fourth-order valence-electron chi connectivity index (χ4n) is 1.83. The summed E-state index contributed by atoms with van der Waals surface area (Å²) in [4.78, 5) is 11.3. The monoisotopic (exact) mass is 329 g/mol. The molecule has 0 heterocycles. The zero-order valence-electron chi connectivity index (χ0n) is 11.3. The number of halogens is 1. The number of methoxy groups -OCH3 is 1. The summed E-state index contributed by atoms with van der Waals surface area (Å²) in [5.41, 5.74) is 2.35. The van der Waals surface area contributed by atoms with Gasteiger partial charge in [0.1, 0.15) is 6.61 Å². The first-order chi connectivity index (χ1) is 9.08. The molecule has 1 atom stereocenters. The van der Waals surface area contributed by atoms with Crippen molar-refractivity contribution in [2.24, 2.45) is 5.92 Å². The second-order valence-electron chi connectivity index (χ2n) is 4.51. The van der Waals surface area contributed by atoms with Crippen LogP contribution in [0, 0.1) is 12.8 Å². The van der Waals surface area contributed by atoms with Crippen LogP contribution >= 0.6 is 15.9 Å². The number of nitrogens with one attached hydrogen (secondary N) is 1. The van der Waals surface area contributed by atoms with E-state index >= 15 is 0 Å². The van der Waals surface area contributed by atoms with E-state index in [0.29, 0.717) is 6.54 Å². The van der Waals surface area contributed by atoms with E-state index in [0.717, 1.165) is 10.9 Å². The number of benzene rings is 1. The summed E-state index contributed by atoms with van der Waals surface area (Å²) in [6, 6.07) is 6.01. The van der Waals surface area contributed by atoms with E-state index in [1.54, 1.807) is 0 Å². The molecule has 1 amide bonds. The van der Waals surface area contributed by atoms with Gasteiger partial charge in [0.15, 0.2) is 0 Å². The Morgan fingerprint density at radius 1 is 1.53 bits per heavy atom. The lowest BCUT2D eigenvalue weighted by Crippen LogP contribution is -2.34. The molecular formula is C14H20BrNO3. The third-order valence-electron chi connectivity index (χ3n) is 3.01.